The third-order valence-electron chi connectivity index (χ3n) is 3.73. The number of hydrogen-bond acceptors (Lipinski definition) is 6. The van der Waals surface area contributed by atoms with Crippen LogP contribution in [0, 0.1) is 22.9 Å². The molecule has 1 N–H and O–H groups in total. The third kappa shape index (κ3) is 5.50. The molecule has 0 saturated carbocycles. The number of benzene rings is 2. The fourth-order valence-corrected chi connectivity index (χ4v) is 2.36. The first-order chi connectivity index (χ1) is 13.3. The molecule has 2 aromatic rings. The van der Waals surface area contributed by atoms with Crippen molar-refractivity contribution in [3.05, 3.63) is 69.0 Å². The smallest absolute Gasteiger partial charge is 0.344 e. The summed E-state index contributed by atoms with van der Waals surface area (Å²) < 4.78 is 23.9. The van der Waals surface area contributed by atoms with Crippen LogP contribution in [0.25, 0.3) is 0 Å². The molecule has 2 rings (SSSR count). The van der Waals surface area contributed by atoms with Crippen LogP contribution in [0.5, 0.6) is 5.75 Å². The Labute approximate surface area is 160 Å². The number of nitro groups is 1. The first-order valence-corrected chi connectivity index (χ1v) is 8.42. The third-order valence-corrected chi connectivity index (χ3v) is 3.73. The summed E-state index contributed by atoms with van der Waals surface area (Å²) in [5.41, 5.74) is 0.691. The number of carbonyl (C=O) groups is 2. The number of halogens is 1. The molecule has 0 heterocycles. The van der Waals surface area contributed by atoms with Crippen LogP contribution in [0.2, 0.25) is 0 Å². The van der Waals surface area contributed by atoms with Gasteiger partial charge in [-0.15, -0.1) is 0 Å². The monoisotopic (exact) mass is 390 g/mol. The van der Waals surface area contributed by atoms with E-state index in [9.17, 15) is 24.1 Å². The van der Waals surface area contributed by atoms with Crippen molar-refractivity contribution >= 4 is 17.6 Å². The Bertz CT molecular complexity index is 900. The number of aryl methyl sites for hydroxylation is 1. The summed E-state index contributed by atoms with van der Waals surface area (Å²) in [5, 5.41) is 13.4. The van der Waals surface area contributed by atoms with Crippen molar-refractivity contribution in [3.8, 4) is 5.75 Å². The van der Waals surface area contributed by atoms with E-state index in [0.717, 1.165) is 6.07 Å². The number of nitrogens with zero attached hydrogens (tertiary/aromatic N) is 1. The lowest BCUT2D eigenvalue weighted by molar-refractivity contribution is -0.384. The molecule has 148 valence electrons. The van der Waals surface area contributed by atoms with Crippen molar-refractivity contribution in [2.75, 3.05) is 13.2 Å². The second-order valence-electron chi connectivity index (χ2n) is 5.80. The highest BCUT2D eigenvalue weighted by molar-refractivity contribution is 5.97. The number of ether oxygens (including phenoxy) is 2. The summed E-state index contributed by atoms with van der Waals surface area (Å²) in [4.78, 5) is 34.3. The van der Waals surface area contributed by atoms with Crippen molar-refractivity contribution in [3.63, 3.8) is 0 Å². The lowest BCUT2D eigenvalue weighted by atomic mass is 10.1. The van der Waals surface area contributed by atoms with Crippen molar-refractivity contribution in [1.29, 1.82) is 0 Å². The number of nitrogens with one attached hydrogen (secondary N) is 1. The molecule has 28 heavy (non-hydrogen) atoms. The summed E-state index contributed by atoms with van der Waals surface area (Å²) in [7, 11) is 0. The predicted octanol–water partition coefficient (Wildman–Crippen LogP) is 2.91. The minimum atomic E-state index is -0.647. The van der Waals surface area contributed by atoms with E-state index in [-0.39, 0.29) is 35.7 Å². The van der Waals surface area contributed by atoms with Gasteiger partial charge in [0.1, 0.15) is 11.6 Å². The average Bonchev–Trinajstić information content (AvgIpc) is 2.67. The lowest BCUT2D eigenvalue weighted by Crippen LogP contribution is -2.24. The molecule has 0 atom stereocenters. The van der Waals surface area contributed by atoms with E-state index in [1.807, 2.05) is 0 Å². The SMILES string of the molecule is CCOC(=O)COc1cc(F)c(C)cc1C(=O)NCc1cccc([N+](=O)[O-])c1. The normalized spacial score (nSPS) is 10.2. The molecule has 8 nitrogen and oxygen atoms in total. The van der Waals surface area contributed by atoms with Gasteiger partial charge in [0.05, 0.1) is 17.1 Å². The van der Waals surface area contributed by atoms with Gasteiger partial charge >= 0.3 is 5.97 Å². The summed E-state index contributed by atoms with van der Waals surface area (Å²) in [6.07, 6.45) is 0. The van der Waals surface area contributed by atoms with E-state index in [1.54, 1.807) is 13.0 Å². The van der Waals surface area contributed by atoms with Crippen molar-refractivity contribution in [2.45, 2.75) is 20.4 Å². The van der Waals surface area contributed by atoms with E-state index >= 15 is 0 Å². The fraction of sp³-hybridized carbons (Fsp3) is 0.263. The Kier molecular flexibility index (Phi) is 7.02. The van der Waals surface area contributed by atoms with Crippen molar-refractivity contribution in [2.24, 2.45) is 0 Å². The maximum Gasteiger partial charge on any atom is 0.344 e. The van der Waals surface area contributed by atoms with Crippen LogP contribution in [0.1, 0.15) is 28.4 Å². The number of rotatable bonds is 8. The number of esters is 1. The summed E-state index contributed by atoms with van der Waals surface area (Å²) in [5.74, 6) is -1.92. The fourth-order valence-electron chi connectivity index (χ4n) is 2.36. The largest absolute Gasteiger partial charge is 0.481 e. The molecule has 0 unspecified atom stereocenters. The van der Waals surface area contributed by atoms with Crippen molar-refractivity contribution < 1.29 is 28.4 Å². The van der Waals surface area contributed by atoms with E-state index < -0.39 is 29.2 Å². The Hall–Kier alpha value is -3.49. The zero-order chi connectivity index (χ0) is 20.7. The molecule has 0 saturated heterocycles. The van der Waals surface area contributed by atoms with Gasteiger partial charge in [0, 0.05) is 24.7 Å². The highest BCUT2D eigenvalue weighted by Gasteiger charge is 2.17. The van der Waals surface area contributed by atoms with E-state index in [0.29, 0.717) is 5.56 Å². The maximum atomic E-state index is 13.9. The molecule has 2 aromatic carbocycles. The Morgan fingerprint density at radius 2 is 2.00 bits per heavy atom. The minimum absolute atomic E-state index is 0.0221. The number of nitro benzene ring substituents is 1. The van der Waals surface area contributed by atoms with Crippen LogP contribution in [0.4, 0.5) is 10.1 Å². The summed E-state index contributed by atoms with van der Waals surface area (Å²) in [6, 6.07) is 8.15. The highest BCUT2D eigenvalue weighted by Crippen LogP contribution is 2.23. The summed E-state index contributed by atoms with van der Waals surface area (Å²) >= 11 is 0. The molecule has 0 bridgehead atoms. The maximum absolute atomic E-state index is 13.9. The Morgan fingerprint density at radius 3 is 2.68 bits per heavy atom. The first kappa shape index (κ1) is 20.8. The van der Waals surface area contributed by atoms with Crippen LogP contribution >= 0.6 is 0 Å². The molecule has 0 radical (unpaired) electrons. The lowest BCUT2D eigenvalue weighted by Gasteiger charge is -2.13. The predicted molar refractivity (Wildman–Crippen MR) is 97.5 cm³/mol. The Balaban J connectivity index is 2.15. The molecule has 0 fully saturated rings. The number of hydrogen-bond donors (Lipinski definition) is 1. The van der Waals surface area contributed by atoms with Gasteiger partial charge in [0.15, 0.2) is 6.61 Å². The van der Waals surface area contributed by atoms with Gasteiger partial charge in [-0.05, 0) is 31.0 Å². The molecule has 0 aromatic heterocycles. The second-order valence-corrected chi connectivity index (χ2v) is 5.80. The molecular formula is C19H19FN2O6. The summed E-state index contributed by atoms with van der Waals surface area (Å²) in [6.45, 7) is 2.84. The Morgan fingerprint density at radius 1 is 1.25 bits per heavy atom. The van der Waals surface area contributed by atoms with Gasteiger partial charge in [-0.2, -0.15) is 0 Å². The first-order valence-electron chi connectivity index (χ1n) is 8.42. The van der Waals surface area contributed by atoms with E-state index in [1.165, 1.54) is 31.2 Å². The zero-order valence-electron chi connectivity index (χ0n) is 15.4. The molecule has 0 aliphatic rings. The standard InChI is InChI=1S/C19H19FN2O6/c1-3-27-18(23)11-28-17-9-16(20)12(2)7-15(17)19(24)21-10-13-5-4-6-14(8-13)22(25)26/h4-9H,3,10-11H2,1-2H3,(H,21,24). The molecule has 0 spiro atoms. The van der Waals surface area contributed by atoms with Gasteiger partial charge < -0.3 is 14.8 Å². The quantitative estimate of drug-likeness (QED) is 0.422. The van der Waals surface area contributed by atoms with Crippen molar-refractivity contribution in [1.82, 2.24) is 5.32 Å². The van der Waals surface area contributed by atoms with Gasteiger partial charge in [-0.3, -0.25) is 14.9 Å². The zero-order valence-corrected chi connectivity index (χ0v) is 15.4. The van der Waals surface area contributed by atoms with E-state index in [2.05, 4.69) is 5.32 Å². The van der Waals surface area contributed by atoms with Gasteiger partial charge in [0.2, 0.25) is 0 Å². The molecule has 0 aliphatic heterocycles. The minimum Gasteiger partial charge on any atom is -0.481 e. The van der Waals surface area contributed by atoms with Crippen LogP contribution in [0.3, 0.4) is 0 Å². The topological polar surface area (TPSA) is 108 Å². The van der Waals surface area contributed by atoms with Gasteiger partial charge in [-0.1, -0.05) is 12.1 Å². The van der Waals surface area contributed by atoms with Gasteiger partial charge in [0.25, 0.3) is 11.6 Å². The van der Waals surface area contributed by atoms with Gasteiger partial charge in [-0.25, -0.2) is 9.18 Å². The van der Waals surface area contributed by atoms with Crippen LogP contribution < -0.4 is 10.1 Å². The molecule has 9 heteroatoms. The van der Waals surface area contributed by atoms with E-state index in [4.69, 9.17) is 9.47 Å². The van der Waals surface area contributed by atoms with Crippen LogP contribution in [-0.2, 0) is 16.1 Å². The number of carbonyl (C=O) groups excluding carboxylic acids is 2. The molecule has 1 amide bonds. The van der Waals surface area contributed by atoms with Crippen LogP contribution in [-0.4, -0.2) is 30.0 Å². The second kappa shape index (κ2) is 9.45. The highest BCUT2D eigenvalue weighted by atomic mass is 19.1. The van der Waals surface area contributed by atoms with Crippen LogP contribution in [0.15, 0.2) is 36.4 Å². The number of amides is 1. The molecular weight excluding hydrogens is 371 g/mol. The average molecular weight is 390 g/mol. The number of non-ortho nitro benzene ring substituents is 1. The molecule has 0 aliphatic carbocycles.